The molecule has 2 heterocycles. The van der Waals surface area contributed by atoms with E-state index in [9.17, 15) is 5.21 Å². The highest BCUT2D eigenvalue weighted by molar-refractivity contribution is 5.33. The minimum absolute atomic E-state index is 0.754. The lowest BCUT2D eigenvalue weighted by Gasteiger charge is -2.24. The van der Waals surface area contributed by atoms with Crippen LogP contribution in [0.1, 0.15) is 0 Å². The van der Waals surface area contributed by atoms with Crippen molar-refractivity contribution < 1.29 is 4.73 Å². The number of rotatable bonds is 1. The van der Waals surface area contributed by atoms with Crippen molar-refractivity contribution in [2.75, 3.05) is 31.1 Å². The summed E-state index contributed by atoms with van der Waals surface area (Å²) in [5.41, 5.74) is 0. The van der Waals surface area contributed by atoms with Gasteiger partial charge in [0.25, 0.3) is 5.82 Å². The Morgan fingerprint density at radius 2 is 2.08 bits per heavy atom. The van der Waals surface area contributed by atoms with Gasteiger partial charge in [-0.15, -0.1) is 0 Å². The quantitative estimate of drug-likeness (QED) is 0.476. The number of pyridine rings is 1. The third-order valence-corrected chi connectivity index (χ3v) is 2.24. The molecular formula is C9H13N3O. The highest BCUT2D eigenvalue weighted by Crippen LogP contribution is 2.07. The number of hydrogen-bond acceptors (Lipinski definition) is 3. The van der Waals surface area contributed by atoms with E-state index in [0.717, 1.165) is 36.7 Å². The van der Waals surface area contributed by atoms with Gasteiger partial charge in [0.1, 0.15) is 0 Å². The number of piperazine rings is 1. The van der Waals surface area contributed by atoms with Crippen LogP contribution in [0.4, 0.5) is 5.82 Å². The molecular weight excluding hydrogens is 166 g/mol. The maximum absolute atomic E-state index is 11.4. The van der Waals surface area contributed by atoms with Crippen molar-refractivity contribution in [3.63, 3.8) is 0 Å². The summed E-state index contributed by atoms with van der Waals surface area (Å²) >= 11 is 0. The van der Waals surface area contributed by atoms with E-state index in [1.807, 2.05) is 12.1 Å². The fourth-order valence-electron chi connectivity index (χ4n) is 1.56. The van der Waals surface area contributed by atoms with Crippen molar-refractivity contribution in [2.24, 2.45) is 0 Å². The van der Waals surface area contributed by atoms with Gasteiger partial charge in [0, 0.05) is 19.2 Å². The van der Waals surface area contributed by atoms with Gasteiger partial charge in [-0.2, -0.15) is 0 Å². The van der Waals surface area contributed by atoms with Crippen LogP contribution in [0, 0.1) is 5.21 Å². The Morgan fingerprint density at radius 3 is 2.77 bits per heavy atom. The molecule has 1 aromatic rings. The summed E-state index contributed by atoms with van der Waals surface area (Å²) in [5.74, 6) is 0.754. The minimum Gasteiger partial charge on any atom is -0.711 e. The van der Waals surface area contributed by atoms with Gasteiger partial charge in [-0.05, 0) is 6.07 Å². The number of aromatic nitrogens is 1. The molecule has 0 unspecified atom stereocenters. The van der Waals surface area contributed by atoms with Gasteiger partial charge in [-0.1, -0.05) is 6.07 Å². The predicted molar refractivity (Wildman–Crippen MR) is 50.5 cm³/mol. The van der Waals surface area contributed by atoms with E-state index >= 15 is 0 Å². The lowest BCUT2D eigenvalue weighted by molar-refractivity contribution is -0.592. The lowest BCUT2D eigenvalue weighted by Crippen LogP contribution is -2.48. The Bertz CT molecular complexity index is 284. The molecule has 0 radical (unpaired) electrons. The van der Waals surface area contributed by atoms with Gasteiger partial charge < -0.3 is 10.5 Å². The molecule has 0 bridgehead atoms. The summed E-state index contributed by atoms with van der Waals surface area (Å²) in [6, 6.07) is 5.50. The normalized spacial score (nSPS) is 17.4. The molecule has 1 N–H and O–H groups in total. The molecule has 0 amide bonds. The average Bonchev–Trinajstić information content (AvgIpc) is 2.20. The van der Waals surface area contributed by atoms with Gasteiger partial charge in [0.2, 0.25) is 0 Å². The maximum Gasteiger partial charge on any atom is 0.279 e. The van der Waals surface area contributed by atoms with Crippen molar-refractivity contribution in [1.29, 1.82) is 0 Å². The van der Waals surface area contributed by atoms with Crippen LogP contribution in [0.3, 0.4) is 0 Å². The predicted octanol–water partition coefficient (Wildman–Crippen LogP) is -0.270. The molecule has 0 atom stereocenters. The first-order valence-corrected chi connectivity index (χ1v) is 4.52. The minimum atomic E-state index is 0.754. The van der Waals surface area contributed by atoms with Gasteiger partial charge >= 0.3 is 0 Å². The van der Waals surface area contributed by atoms with E-state index in [4.69, 9.17) is 0 Å². The molecule has 1 aromatic heterocycles. The van der Waals surface area contributed by atoms with Crippen LogP contribution in [-0.2, 0) is 0 Å². The van der Waals surface area contributed by atoms with E-state index in [1.54, 1.807) is 6.07 Å². The molecule has 13 heavy (non-hydrogen) atoms. The van der Waals surface area contributed by atoms with Gasteiger partial charge in [-0.25, -0.2) is 4.73 Å². The summed E-state index contributed by atoms with van der Waals surface area (Å²) in [6.45, 7) is 3.72. The number of nitrogens with one attached hydrogen (secondary N) is 1. The van der Waals surface area contributed by atoms with E-state index in [0.29, 0.717) is 0 Å². The fourth-order valence-corrected chi connectivity index (χ4v) is 1.56. The monoisotopic (exact) mass is 179 g/mol. The number of anilines is 1. The highest BCUT2D eigenvalue weighted by atomic mass is 16.5. The van der Waals surface area contributed by atoms with E-state index in [1.165, 1.54) is 6.20 Å². The standard InChI is InChI=1S/C9H13N3O/c13-12-6-2-1-3-9(12)11-7-4-10-5-8-11/h1-3,6,10H,4-5,7-8H2. The Morgan fingerprint density at radius 1 is 1.31 bits per heavy atom. The zero-order valence-corrected chi connectivity index (χ0v) is 7.44. The molecule has 0 spiro atoms. The second-order valence-corrected chi connectivity index (χ2v) is 3.12. The molecule has 70 valence electrons. The molecule has 1 saturated heterocycles. The fraction of sp³-hybridized carbons (Fsp3) is 0.444. The van der Waals surface area contributed by atoms with Crippen molar-refractivity contribution in [1.82, 2.24) is 5.32 Å². The van der Waals surface area contributed by atoms with Crippen LogP contribution in [0.5, 0.6) is 0 Å². The molecule has 4 nitrogen and oxygen atoms in total. The summed E-state index contributed by atoms with van der Waals surface area (Å²) < 4.78 is 0.922. The van der Waals surface area contributed by atoms with Crippen molar-refractivity contribution >= 4 is 5.82 Å². The molecule has 0 saturated carbocycles. The summed E-state index contributed by atoms with van der Waals surface area (Å²) in [5, 5.41) is 14.6. The second-order valence-electron chi connectivity index (χ2n) is 3.12. The molecule has 1 aliphatic heterocycles. The highest BCUT2D eigenvalue weighted by Gasteiger charge is 2.18. The smallest absolute Gasteiger partial charge is 0.279 e. The summed E-state index contributed by atoms with van der Waals surface area (Å²) in [4.78, 5) is 2.10. The van der Waals surface area contributed by atoms with Gasteiger partial charge in [0.05, 0.1) is 19.3 Å². The maximum atomic E-state index is 11.4. The second kappa shape index (κ2) is 3.62. The van der Waals surface area contributed by atoms with E-state index in [2.05, 4.69) is 10.2 Å². The van der Waals surface area contributed by atoms with Crippen LogP contribution < -0.4 is 14.9 Å². The first-order chi connectivity index (χ1) is 6.38. The average molecular weight is 179 g/mol. The first-order valence-electron chi connectivity index (χ1n) is 4.52. The Kier molecular flexibility index (Phi) is 2.31. The van der Waals surface area contributed by atoms with Crippen LogP contribution >= 0.6 is 0 Å². The molecule has 0 aliphatic carbocycles. The number of nitrogens with zero attached hydrogens (tertiary/aromatic N) is 2. The van der Waals surface area contributed by atoms with Crippen LogP contribution in [0.2, 0.25) is 0 Å². The Balaban J connectivity index is 2.18. The lowest BCUT2D eigenvalue weighted by atomic mass is 10.3. The van der Waals surface area contributed by atoms with Gasteiger partial charge in [-0.3, -0.25) is 4.90 Å². The van der Waals surface area contributed by atoms with Crippen LogP contribution in [-0.4, -0.2) is 26.2 Å². The van der Waals surface area contributed by atoms with Crippen molar-refractivity contribution in [3.8, 4) is 0 Å². The zero-order valence-electron chi connectivity index (χ0n) is 7.44. The molecule has 2 rings (SSSR count). The van der Waals surface area contributed by atoms with Crippen molar-refractivity contribution in [3.05, 3.63) is 29.6 Å². The van der Waals surface area contributed by atoms with Crippen molar-refractivity contribution in [2.45, 2.75) is 0 Å². The third-order valence-electron chi connectivity index (χ3n) is 2.24. The molecule has 0 aromatic carbocycles. The summed E-state index contributed by atoms with van der Waals surface area (Å²) in [7, 11) is 0. The largest absolute Gasteiger partial charge is 0.711 e. The molecule has 4 heteroatoms. The van der Waals surface area contributed by atoms with Gasteiger partial charge in [0.15, 0.2) is 0 Å². The van der Waals surface area contributed by atoms with E-state index < -0.39 is 0 Å². The number of hydrogen-bond donors (Lipinski definition) is 1. The molecule has 1 fully saturated rings. The third kappa shape index (κ3) is 1.72. The molecule has 1 aliphatic rings. The van der Waals surface area contributed by atoms with Crippen LogP contribution in [0.15, 0.2) is 24.4 Å². The van der Waals surface area contributed by atoms with E-state index in [-0.39, 0.29) is 0 Å². The Labute approximate surface area is 77.4 Å². The Hall–Kier alpha value is -1.29. The topological polar surface area (TPSA) is 42.2 Å². The first kappa shape index (κ1) is 8.31. The zero-order chi connectivity index (χ0) is 9.10. The summed E-state index contributed by atoms with van der Waals surface area (Å²) in [6.07, 6.45) is 1.54. The van der Waals surface area contributed by atoms with Crippen LogP contribution in [0.25, 0.3) is 0 Å². The SMILES string of the molecule is [O-][n+]1ccccc1N1CCNCC1.